The summed E-state index contributed by atoms with van der Waals surface area (Å²) in [5.41, 5.74) is 0. The Morgan fingerprint density at radius 2 is 2.29 bits per heavy atom. The molecule has 0 radical (unpaired) electrons. The Bertz CT molecular complexity index is 73.3. The first-order valence-corrected chi connectivity index (χ1v) is 4.90. The summed E-state index contributed by atoms with van der Waals surface area (Å²) in [5, 5.41) is 0.882. The third kappa shape index (κ3) is 2.81. The van der Waals surface area contributed by atoms with Crippen LogP contribution in [0.5, 0.6) is 0 Å². The summed E-state index contributed by atoms with van der Waals surface area (Å²) in [6.45, 7) is 0. The Hall–Kier alpha value is 0.160. The zero-order chi connectivity index (χ0) is 5.86. The van der Waals surface area contributed by atoms with E-state index < -0.39 is 21.2 Å². The van der Waals surface area contributed by atoms with Gasteiger partial charge >= 0.3 is 52.7 Å². The number of hydrogen-bond donors (Lipinski definition) is 0. The molecule has 0 unspecified atom stereocenters. The van der Waals surface area contributed by atoms with Gasteiger partial charge in [-0.15, -0.1) is 0 Å². The van der Waals surface area contributed by atoms with Crippen LogP contribution in [-0.4, -0.2) is 20.9 Å². The molecule has 0 aliphatic carbocycles. The van der Waals surface area contributed by atoms with Gasteiger partial charge in [-0.05, 0) is 0 Å². The summed E-state index contributed by atoms with van der Waals surface area (Å²) in [6, 6.07) is 0. The molecule has 1 N–H and O–H groups in total. The number of halogens is 1. The monoisotopic (exact) mass is 214 g/mol. The summed E-state index contributed by atoms with van der Waals surface area (Å²) in [6.07, 6.45) is 0. The average molecular weight is 214 g/mol. The summed E-state index contributed by atoms with van der Waals surface area (Å²) in [4.78, 5) is 12.1. The fraction of sp³-hybridized carbons (Fsp3) is 0.667. The molecule has 0 atom stereocenters. The minimum atomic E-state index is -0.396. The van der Waals surface area contributed by atoms with Crippen LogP contribution in [0.1, 0.15) is 0 Å². The van der Waals surface area contributed by atoms with Crippen molar-refractivity contribution in [3.63, 3.8) is 0 Å². The zero-order valence-electron chi connectivity index (χ0n) is 4.23. The molecule has 0 aromatic carbocycles. The number of carbonyl (C=O) groups excluding carboxylic acids is 1. The van der Waals surface area contributed by atoms with Crippen molar-refractivity contribution in [2.24, 2.45) is 0 Å². The summed E-state index contributed by atoms with van der Waals surface area (Å²) in [5.74, 6) is 6.69. The third-order valence-electron chi connectivity index (χ3n) is 0.425. The molecule has 0 saturated heterocycles. The fourth-order valence-corrected chi connectivity index (χ4v) is 0.850. The van der Waals surface area contributed by atoms with Crippen LogP contribution in [0.25, 0.3) is 5.84 Å². The summed E-state index contributed by atoms with van der Waals surface area (Å²) >= 11 is -0.396. The van der Waals surface area contributed by atoms with Crippen molar-refractivity contribution in [1.82, 2.24) is 5.01 Å². The van der Waals surface area contributed by atoms with Gasteiger partial charge < -0.3 is 0 Å². The number of nitrogens with zero attached hydrogens (tertiary/aromatic N) is 1. The van der Waals surface area contributed by atoms with Crippen LogP contribution >= 0.6 is 0 Å². The number of hydrogen-bond acceptors (Lipinski definition) is 1. The average Bonchev–Trinajstić information content (AvgIpc) is 1.65. The molecule has 7 heavy (non-hydrogen) atoms. The molecule has 3 nitrogen and oxygen atoms in total. The number of nitrogens with one attached hydrogen (secondary N) is 1. The van der Waals surface area contributed by atoms with Crippen molar-refractivity contribution in [2.45, 2.75) is 0 Å². The van der Waals surface area contributed by atoms with Gasteiger partial charge in [0.05, 0.1) is 0 Å². The normalized spacial score (nSPS) is 9.00. The van der Waals surface area contributed by atoms with Crippen molar-refractivity contribution >= 4 is 3.91 Å². The van der Waals surface area contributed by atoms with Gasteiger partial charge in [-0.3, -0.25) is 0 Å². The van der Waals surface area contributed by atoms with Crippen LogP contribution < -0.4 is 21.2 Å². The molecule has 0 heterocycles. The van der Waals surface area contributed by atoms with Crippen LogP contribution in [0.2, 0.25) is 0 Å². The van der Waals surface area contributed by atoms with Crippen molar-refractivity contribution in [1.29, 1.82) is 0 Å². The maximum atomic E-state index is 10.3. The molecular weight excluding hydrogens is 207 g/mol. The molecule has 0 saturated carbocycles. The molecule has 0 fully saturated rings. The number of alkyl halides is 1. The van der Waals surface area contributed by atoms with Gasteiger partial charge in [0, 0.05) is 0 Å². The molecule has 4 heteroatoms. The van der Waals surface area contributed by atoms with E-state index in [0.29, 0.717) is 0 Å². The Kier molecular flexibility index (Phi) is 3.27. The maximum absolute atomic E-state index is 10.3. The second kappa shape index (κ2) is 3.20. The van der Waals surface area contributed by atoms with Crippen LogP contribution in [0.15, 0.2) is 0 Å². The van der Waals surface area contributed by atoms with E-state index in [1.54, 1.807) is 0 Å². The molecule has 0 aromatic rings. The Morgan fingerprint density at radius 1 is 1.86 bits per heavy atom. The first kappa shape index (κ1) is 7.16. The third-order valence-corrected chi connectivity index (χ3v) is 2.07. The number of carbonyl (C=O) groups is 1. The first-order valence-electron chi connectivity index (χ1n) is 1.67. The molecule has 0 rings (SSSR count). The van der Waals surface area contributed by atoms with Gasteiger partial charge in [0.25, 0.3) is 0 Å². The van der Waals surface area contributed by atoms with Gasteiger partial charge in [0.1, 0.15) is 0 Å². The van der Waals surface area contributed by atoms with Gasteiger partial charge in [-0.1, -0.05) is 0 Å². The van der Waals surface area contributed by atoms with Gasteiger partial charge in [0.15, 0.2) is 0 Å². The first-order chi connectivity index (χ1) is 3.18. The SMILES string of the molecule is C[I-]C(=O)N(C)[NH-]. The van der Waals surface area contributed by atoms with Crippen molar-refractivity contribution in [3.05, 3.63) is 5.84 Å². The van der Waals surface area contributed by atoms with Crippen LogP contribution in [0.4, 0.5) is 4.79 Å². The predicted molar refractivity (Wildman–Crippen MR) is 23.4 cm³/mol. The molecular formula is C3H7IN2O-2. The van der Waals surface area contributed by atoms with E-state index in [1.165, 1.54) is 7.05 Å². The van der Waals surface area contributed by atoms with Crippen LogP contribution in [0.3, 0.4) is 0 Å². The van der Waals surface area contributed by atoms with Crippen molar-refractivity contribution in [3.8, 4) is 0 Å². The Morgan fingerprint density at radius 3 is 2.29 bits per heavy atom. The zero-order valence-corrected chi connectivity index (χ0v) is 6.39. The van der Waals surface area contributed by atoms with Gasteiger partial charge in [-0.25, -0.2) is 0 Å². The standard InChI is InChI=1S/C3H7IN2O/c1-4-3(7)6(2)5/h5H,1-2H3/q-2. The topological polar surface area (TPSA) is 44.1 Å². The van der Waals surface area contributed by atoms with E-state index in [1.807, 2.05) is 4.93 Å². The van der Waals surface area contributed by atoms with E-state index in [-0.39, 0.29) is 3.91 Å². The molecule has 1 amide bonds. The predicted octanol–water partition coefficient (Wildman–Crippen LogP) is -2.28. The van der Waals surface area contributed by atoms with E-state index in [9.17, 15) is 4.79 Å². The number of rotatable bonds is 1. The van der Waals surface area contributed by atoms with Gasteiger partial charge in [-0.2, -0.15) is 0 Å². The van der Waals surface area contributed by atoms with E-state index in [0.717, 1.165) is 5.01 Å². The summed E-state index contributed by atoms with van der Waals surface area (Å²) in [7, 11) is 1.45. The molecule has 0 bridgehead atoms. The molecule has 0 aromatic heterocycles. The second-order valence-electron chi connectivity index (χ2n) is 1.00. The number of amides is 1. The van der Waals surface area contributed by atoms with Crippen LogP contribution in [-0.2, 0) is 0 Å². The van der Waals surface area contributed by atoms with Gasteiger partial charge in [0.2, 0.25) is 0 Å². The van der Waals surface area contributed by atoms with Crippen molar-refractivity contribution < 1.29 is 26.0 Å². The molecule has 0 aliphatic rings. The second-order valence-corrected chi connectivity index (χ2v) is 3.00. The minimum absolute atomic E-state index is 0.0428. The Balaban J connectivity index is 3.35. The van der Waals surface area contributed by atoms with E-state index in [2.05, 4.69) is 0 Å². The van der Waals surface area contributed by atoms with Crippen molar-refractivity contribution in [2.75, 3.05) is 12.0 Å². The quantitative estimate of drug-likeness (QED) is 0.159. The fourth-order valence-electron chi connectivity index (χ4n) is 0.127. The molecule has 0 spiro atoms. The van der Waals surface area contributed by atoms with E-state index in [4.69, 9.17) is 5.84 Å². The van der Waals surface area contributed by atoms with Crippen LogP contribution in [0, 0.1) is 0 Å². The summed E-state index contributed by atoms with van der Waals surface area (Å²) < 4.78 is -0.0428. The molecule has 44 valence electrons. The Labute approximate surface area is 53.1 Å². The van der Waals surface area contributed by atoms with E-state index >= 15 is 0 Å². The molecule has 0 aliphatic heterocycles.